The van der Waals surface area contributed by atoms with Gasteiger partial charge in [-0.1, -0.05) is 49.4 Å². The van der Waals surface area contributed by atoms with Crippen molar-refractivity contribution >= 4 is 40.4 Å². The van der Waals surface area contributed by atoms with Crippen molar-refractivity contribution in [2.24, 2.45) is 0 Å². The number of imidazole rings is 1. The average molecular weight is 521 g/mol. The van der Waals surface area contributed by atoms with E-state index < -0.39 is 30.2 Å². The van der Waals surface area contributed by atoms with Gasteiger partial charge < -0.3 is 25.4 Å². The van der Waals surface area contributed by atoms with E-state index in [2.05, 4.69) is 25.6 Å². The Bertz CT molecular complexity index is 1440. The number of aliphatic hydroxyl groups excluding tert-OH is 2. The Hall–Kier alpha value is -3.86. The highest BCUT2D eigenvalue weighted by atomic mass is 35.5. The van der Waals surface area contributed by atoms with E-state index >= 15 is 0 Å². The van der Waals surface area contributed by atoms with Crippen LogP contribution in [0.15, 0.2) is 60.9 Å². The van der Waals surface area contributed by atoms with Gasteiger partial charge in [0.05, 0.1) is 18.4 Å². The molecule has 0 aliphatic heterocycles. The number of benzene rings is 2. The van der Waals surface area contributed by atoms with Crippen LogP contribution in [0.3, 0.4) is 0 Å². The quantitative estimate of drug-likeness (QED) is 0.286. The van der Waals surface area contributed by atoms with Crippen molar-refractivity contribution in [3.05, 3.63) is 71.8 Å². The number of halogens is 1. The Morgan fingerprint density at radius 2 is 1.73 bits per heavy atom. The molecule has 1 aliphatic carbocycles. The topological polar surface area (TPSA) is 142 Å². The minimum Gasteiger partial charge on any atom is -0.388 e. The molecular weight excluding hydrogens is 496 g/mol. The minimum absolute atomic E-state index is 0.118. The Morgan fingerprint density at radius 3 is 2.43 bits per heavy atom. The van der Waals surface area contributed by atoms with Gasteiger partial charge in [-0.15, -0.1) is 0 Å². The lowest BCUT2D eigenvalue weighted by molar-refractivity contribution is -0.122. The van der Waals surface area contributed by atoms with Crippen molar-refractivity contribution < 1.29 is 19.8 Å². The number of hydrogen-bond acceptors (Lipinski definition) is 7. The Balaban J connectivity index is 1.39. The van der Waals surface area contributed by atoms with Gasteiger partial charge in [0.1, 0.15) is 12.2 Å². The summed E-state index contributed by atoms with van der Waals surface area (Å²) in [5.41, 5.74) is 3.01. The van der Waals surface area contributed by atoms with Gasteiger partial charge in [-0.2, -0.15) is 9.97 Å². The second-order valence-electron chi connectivity index (χ2n) is 8.87. The molecule has 2 heterocycles. The predicted molar refractivity (Wildman–Crippen MR) is 138 cm³/mol. The molecule has 4 N–H and O–H groups in total. The summed E-state index contributed by atoms with van der Waals surface area (Å²) in [4.78, 5) is 37.6. The smallest absolute Gasteiger partial charge is 0.256 e. The summed E-state index contributed by atoms with van der Waals surface area (Å²) < 4.78 is 1.58. The summed E-state index contributed by atoms with van der Waals surface area (Å²) in [6.07, 6.45) is -0.358. The first-order chi connectivity index (χ1) is 17.9. The highest BCUT2D eigenvalue weighted by Gasteiger charge is 2.43. The van der Waals surface area contributed by atoms with Crippen LogP contribution >= 0.6 is 11.6 Å². The summed E-state index contributed by atoms with van der Waals surface area (Å²) in [5, 5.41) is 26.5. The molecule has 4 aromatic rings. The molecule has 5 rings (SSSR count). The van der Waals surface area contributed by atoms with Gasteiger partial charge in [0, 0.05) is 12.0 Å². The van der Waals surface area contributed by atoms with Gasteiger partial charge in [0.2, 0.25) is 11.2 Å². The summed E-state index contributed by atoms with van der Waals surface area (Å²) >= 11 is 6.18. The number of carbonyl (C=O) groups excluding carboxylic acids is 2. The fraction of sp³-hybridized carbons (Fsp3) is 0.269. The van der Waals surface area contributed by atoms with Gasteiger partial charge >= 0.3 is 0 Å². The van der Waals surface area contributed by atoms with Crippen molar-refractivity contribution in [3.63, 3.8) is 0 Å². The number of nitrogens with zero attached hydrogens (tertiary/aromatic N) is 4. The van der Waals surface area contributed by atoms with Crippen LogP contribution in [0.4, 0.5) is 5.82 Å². The largest absolute Gasteiger partial charge is 0.388 e. The molecule has 190 valence electrons. The molecule has 0 radical (unpaired) electrons. The maximum absolute atomic E-state index is 13.0. The number of hydrogen-bond donors (Lipinski definition) is 4. The highest BCUT2D eigenvalue weighted by molar-refractivity contribution is 6.29. The van der Waals surface area contributed by atoms with Crippen LogP contribution in [-0.4, -0.2) is 59.8 Å². The first-order valence-electron chi connectivity index (χ1n) is 11.9. The normalized spacial score (nSPS) is 21.2. The first-order valence-corrected chi connectivity index (χ1v) is 12.3. The van der Waals surface area contributed by atoms with E-state index in [0.717, 1.165) is 11.1 Å². The molecule has 2 amide bonds. The number of carbonyl (C=O) groups is 2. The molecule has 37 heavy (non-hydrogen) atoms. The minimum atomic E-state index is -1.17. The zero-order valence-electron chi connectivity index (χ0n) is 19.9. The molecule has 4 atom stereocenters. The van der Waals surface area contributed by atoms with E-state index in [-0.39, 0.29) is 41.0 Å². The molecule has 0 unspecified atom stereocenters. The Morgan fingerprint density at radius 1 is 1.03 bits per heavy atom. The molecular formula is C26H25ClN6O4. The SMILES string of the molecule is CCC(=O)N[C@H]1C[C@@H](n2cnc3c(NC(=O)c4ccc(-c5ccccc5)cc4)nc(Cl)nc32)[C@H](O)[C@@H]1O. The lowest BCUT2D eigenvalue weighted by atomic mass is 10.0. The van der Waals surface area contributed by atoms with Crippen molar-refractivity contribution in [2.75, 3.05) is 5.32 Å². The molecule has 0 spiro atoms. The number of amides is 2. The van der Waals surface area contributed by atoms with Crippen molar-refractivity contribution in [3.8, 4) is 11.1 Å². The molecule has 11 heteroatoms. The van der Waals surface area contributed by atoms with Crippen LogP contribution in [0.25, 0.3) is 22.3 Å². The van der Waals surface area contributed by atoms with Crippen LogP contribution in [0.5, 0.6) is 0 Å². The van der Waals surface area contributed by atoms with Crippen molar-refractivity contribution in [1.82, 2.24) is 24.8 Å². The molecule has 1 saturated carbocycles. The van der Waals surface area contributed by atoms with E-state index in [0.29, 0.717) is 5.56 Å². The summed E-state index contributed by atoms with van der Waals surface area (Å²) in [6.45, 7) is 1.71. The standard InChI is InChI=1S/C26H25ClN6O4/c1-2-19(34)29-17-12-18(22(36)21(17)35)33-13-28-20-23(31-26(27)32-24(20)33)30-25(37)16-10-8-15(9-11-16)14-6-4-3-5-7-14/h3-11,13,17-18,21-22,35-36H,2,12H2,1H3,(H,29,34)(H,30,31,32,37)/t17-,18+,21+,22-/m0/s1. The summed E-state index contributed by atoms with van der Waals surface area (Å²) in [5.74, 6) is -0.502. The van der Waals surface area contributed by atoms with E-state index in [4.69, 9.17) is 11.6 Å². The number of aromatic nitrogens is 4. The highest BCUT2D eigenvalue weighted by Crippen LogP contribution is 2.34. The average Bonchev–Trinajstić information content (AvgIpc) is 3.45. The van der Waals surface area contributed by atoms with Gasteiger partial charge in [-0.05, 0) is 41.3 Å². The maximum atomic E-state index is 13.0. The Kier molecular flexibility index (Phi) is 6.88. The predicted octanol–water partition coefficient (Wildman–Crippen LogP) is 2.96. The lowest BCUT2D eigenvalue weighted by Crippen LogP contribution is -2.42. The number of fused-ring (bicyclic) bond motifs is 1. The number of rotatable bonds is 6. The zero-order chi connectivity index (χ0) is 26.1. The molecule has 10 nitrogen and oxygen atoms in total. The molecule has 2 aromatic heterocycles. The van der Waals surface area contributed by atoms with Crippen molar-refractivity contribution in [1.29, 1.82) is 0 Å². The molecule has 1 aliphatic rings. The third-order valence-electron chi connectivity index (χ3n) is 6.56. The fourth-order valence-corrected chi connectivity index (χ4v) is 4.74. The molecule has 2 aromatic carbocycles. The molecule has 0 bridgehead atoms. The van der Waals surface area contributed by atoms with Gasteiger partial charge in [0.25, 0.3) is 5.91 Å². The number of anilines is 1. The third-order valence-corrected chi connectivity index (χ3v) is 6.73. The molecule has 0 saturated heterocycles. The molecule has 1 fully saturated rings. The van der Waals surface area contributed by atoms with Crippen LogP contribution < -0.4 is 10.6 Å². The monoisotopic (exact) mass is 520 g/mol. The Labute approximate surface area is 217 Å². The third kappa shape index (κ3) is 4.91. The van der Waals surface area contributed by atoms with Gasteiger partial charge in [-0.25, -0.2) is 4.98 Å². The second kappa shape index (κ2) is 10.3. The number of nitrogens with one attached hydrogen (secondary N) is 2. The second-order valence-corrected chi connectivity index (χ2v) is 9.21. The van der Waals surface area contributed by atoms with Gasteiger partial charge in [-0.3, -0.25) is 9.59 Å². The lowest BCUT2D eigenvalue weighted by Gasteiger charge is -2.18. The van der Waals surface area contributed by atoms with Crippen molar-refractivity contribution in [2.45, 2.75) is 44.1 Å². The number of aliphatic hydroxyl groups is 2. The van der Waals surface area contributed by atoms with Crippen LogP contribution in [-0.2, 0) is 4.79 Å². The van der Waals surface area contributed by atoms with Gasteiger partial charge in [0.15, 0.2) is 17.0 Å². The van der Waals surface area contributed by atoms with E-state index in [1.807, 2.05) is 42.5 Å². The first kappa shape index (κ1) is 24.8. The maximum Gasteiger partial charge on any atom is 0.256 e. The fourth-order valence-electron chi connectivity index (χ4n) is 4.58. The zero-order valence-corrected chi connectivity index (χ0v) is 20.6. The van der Waals surface area contributed by atoms with Crippen LogP contribution in [0.2, 0.25) is 5.28 Å². The van der Waals surface area contributed by atoms with Crippen LogP contribution in [0, 0.1) is 0 Å². The van der Waals surface area contributed by atoms with E-state index in [9.17, 15) is 19.8 Å². The van der Waals surface area contributed by atoms with Crippen LogP contribution in [0.1, 0.15) is 36.2 Å². The summed E-state index contributed by atoms with van der Waals surface area (Å²) in [7, 11) is 0. The van der Waals surface area contributed by atoms with E-state index in [1.54, 1.807) is 23.6 Å². The van der Waals surface area contributed by atoms with E-state index in [1.165, 1.54) is 6.33 Å². The summed E-state index contributed by atoms with van der Waals surface area (Å²) in [6, 6.07) is 15.7.